The molecule has 0 bridgehead atoms. The summed E-state index contributed by atoms with van der Waals surface area (Å²) in [6.45, 7) is 9.04. The summed E-state index contributed by atoms with van der Waals surface area (Å²) in [7, 11) is 0. The zero-order valence-corrected chi connectivity index (χ0v) is 17.3. The molecule has 0 aliphatic rings. The van der Waals surface area contributed by atoms with Crippen molar-refractivity contribution in [2.75, 3.05) is 10.6 Å². The highest BCUT2D eigenvalue weighted by atomic mass is 32.1. The number of aryl methyl sites for hydroxylation is 2. The van der Waals surface area contributed by atoms with Crippen LogP contribution in [-0.2, 0) is 12.8 Å². The van der Waals surface area contributed by atoms with E-state index in [-0.39, 0.29) is 0 Å². The Labute approximate surface area is 164 Å². The summed E-state index contributed by atoms with van der Waals surface area (Å²) in [5.74, 6) is 1.47. The molecule has 0 saturated carbocycles. The van der Waals surface area contributed by atoms with Crippen molar-refractivity contribution in [1.82, 2.24) is 0 Å². The molecule has 2 aromatic rings. The largest absolute Gasteiger partial charge is 0.332 e. The fraction of sp³-hybridized carbons (Fsp3) is 0.435. The molecule has 0 radical (unpaired) electrons. The highest BCUT2D eigenvalue weighted by Crippen LogP contribution is 2.16. The predicted octanol–water partition coefficient (Wildman–Crippen LogP) is 6.67. The van der Waals surface area contributed by atoms with Crippen LogP contribution in [0.1, 0.15) is 51.7 Å². The maximum absolute atomic E-state index is 5.43. The Balaban J connectivity index is 1.82. The maximum Gasteiger partial charge on any atom is 0.175 e. The monoisotopic (exact) mass is 368 g/mol. The minimum Gasteiger partial charge on any atom is -0.332 e. The van der Waals surface area contributed by atoms with E-state index in [0.717, 1.165) is 36.1 Å². The van der Waals surface area contributed by atoms with Gasteiger partial charge < -0.3 is 10.6 Å². The maximum atomic E-state index is 5.43. The van der Waals surface area contributed by atoms with Crippen LogP contribution in [0.4, 0.5) is 11.4 Å². The number of rotatable bonds is 8. The van der Waals surface area contributed by atoms with Crippen LogP contribution in [0.2, 0.25) is 0 Å². The van der Waals surface area contributed by atoms with Gasteiger partial charge in [0.25, 0.3) is 0 Å². The lowest BCUT2D eigenvalue weighted by atomic mass is 10.0. The van der Waals surface area contributed by atoms with Crippen LogP contribution in [0.25, 0.3) is 0 Å². The fourth-order valence-corrected chi connectivity index (χ4v) is 2.95. The van der Waals surface area contributed by atoms with Gasteiger partial charge in [0.15, 0.2) is 5.11 Å². The van der Waals surface area contributed by atoms with Crippen LogP contribution >= 0.6 is 12.2 Å². The molecule has 26 heavy (non-hydrogen) atoms. The van der Waals surface area contributed by atoms with Crippen LogP contribution < -0.4 is 10.6 Å². The smallest absolute Gasteiger partial charge is 0.175 e. The molecule has 0 unspecified atom stereocenters. The van der Waals surface area contributed by atoms with E-state index in [9.17, 15) is 0 Å². The third-order valence-corrected chi connectivity index (χ3v) is 4.65. The first-order valence-corrected chi connectivity index (χ1v) is 10.1. The average molecular weight is 369 g/mol. The number of hydrogen-bond donors (Lipinski definition) is 2. The highest BCUT2D eigenvalue weighted by molar-refractivity contribution is 7.80. The standard InChI is InChI=1S/C23H32N2S/c1-17(2)5-7-19-9-13-21(14-10-19)24-23(26)25-22-15-11-20(12-16-22)8-6-18(3)4/h9-18H,5-8H2,1-4H3,(H2,24,25,26). The molecule has 0 aromatic heterocycles. The molecule has 0 heterocycles. The van der Waals surface area contributed by atoms with Gasteiger partial charge in [-0.2, -0.15) is 0 Å². The number of nitrogens with one attached hydrogen (secondary N) is 2. The lowest BCUT2D eigenvalue weighted by molar-refractivity contribution is 0.586. The Morgan fingerprint density at radius 2 is 1.04 bits per heavy atom. The van der Waals surface area contributed by atoms with Crippen molar-refractivity contribution in [3.8, 4) is 0 Å². The molecule has 0 spiro atoms. The van der Waals surface area contributed by atoms with E-state index < -0.39 is 0 Å². The third kappa shape index (κ3) is 7.57. The molecule has 2 aromatic carbocycles. The minimum atomic E-state index is 0.620. The van der Waals surface area contributed by atoms with Crippen LogP contribution in [0.3, 0.4) is 0 Å². The molecular weight excluding hydrogens is 336 g/mol. The van der Waals surface area contributed by atoms with Crippen molar-refractivity contribution in [3.63, 3.8) is 0 Å². The van der Waals surface area contributed by atoms with Crippen molar-refractivity contribution in [2.24, 2.45) is 11.8 Å². The molecule has 0 saturated heterocycles. The molecule has 0 fully saturated rings. The van der Waals surface area contributed by atoms with Gasteiger partial charge in [-0.05, 0) is 85.1 Å². The van der Waals surface area contributed by atoms with E-state index >= 15 is 0 Å². The number of hydrogen-bond acceptors (Lipinski definition) is 1. The summed E-state index contributed by atoms with van der Waals surface area (Å²) in [6, 6.07) is 17.1. The second-order valence-corrected chi connectivity index (χ2v) is 8.25. The molecule has 0 aliphatic carbocycles. The van der Waals surface area contributed by atoms with E-state index in [1.807, 2.05) is 0 Å². The van der Waals surface area contributed by atoms with Crippen molar-refractivity contribution >= 4 is 28.7 Å². The summed E-state index contributed by atoms with van der Waals surface area (Å²) < 4.78 is 0. The first-order chi connectivity index (χ1) is 12.4. The van der Waals surface area contributed by atoms with Gasteiger partial charge in [0, 0.05) is 11.4 Å². The summed E-state index contributed by atoms with van der Waals surface area (Å²) in [5.41, 5.74) is 4.79. The number of anilines is 2. The van der Waals surface area contributed by atoms with Crippen LogP contribution in [0.5, 0.6) is 0 Å². The van der Waals surface area contributed by atoms with E-state index in [1.165, 1.54) is 24.0 Å². The van der Waals surface area contributed by atoms with Crippen LogP contribution in [0, 0.1) is 11.8 Å². The van der Waals surface area contributed by atoms with Crippen molar-refractivity contribution in [1.29, 1.82) is 0 Å². The van der Waals surface area contributed by atoms with Gasteiger partial charge in [0.1, 0.15) is 0 Å². The first-order valence-electron chi connectivity index (χ1n) is 9.68. The Morgan fingerprint density at radius 3 is 1.35 bits per heavy atom. The van der Waals surface area contributed by atoms with Crippen LogP contribution in [0.15, 0.2) is 48.5 Å². The molecule has 2 nitrogen and oxygen atoms in total. The van der Waals surface area contributed by atoms with Gasteiger partial charge in [-0.25, -0.2) is 0 Å². The predicted molar refractivity (Wildman–Crippen MR) is 119 cm³/mol. The van der Waals surface area contributed by atoms with E-state index in [2.05, 4.69) is 86.9 Å². The van der Waals surface area contributed by atoms with Gasteiger partial charge >= 0.3 is 0 Å². The Kier molecular flexibility index (Phi) is 8.11. The normalized spacial score (nSPS) is 11.0. The summed E-state index contributed by atoms with van der Waals surface area (Å²) >= 11 is 5.43. The Bertz CT molecular complexity index is 613. The van der Waals surface area contributed by atoms with Gasteiger partial charge in [-0.15, -0.1) is 0 Å². The fourth-order valence-electron chi connectivity index (χ4n) is 2.71. The Morgan fingerprint density at radius 1 is 0.692 bits per heavy atom. The zero-order chi connectivity index (χ0) is 18.9. The number of thiocarbonyl (C=S) groups is 1. The SMILES string of the molecule is CC(C)CCc1ccc(NC(=S)Nc2ccc(CCC(C)C)cc2)cc1. The molecule has 0 aliphatic heterocycles. The van der Waals surface area contributed by atoms with Crippen LogP contribution in [-0.4, -0.2) is 5.11 Å². The Hall–Kier alpha value is -1.87. The summed E-state index contributed by atoms with van der Waals surface area (Å²) in [6.07, 6.45) is 4.70. The van der Waals surface area contributed by atoms with Gasteiger partial charge in [0.2, 0.25) is 0 Å². The van der Waals surface area contributed by atoms with Gasteiger partial charge in [0.05, 0.1) is 0 Å². The second kappa shape index (κ2) is 10.3. The van der Waals surface area contributed by atoms with Crippen molar-refractivity contribution in [3.05, 3.63) is 59.7 Å². The highest BCUT2D eigenvalue weighted by Gasteiger charge is 2.02. The zero-order valence-electron chi connectivity index (χ0n) is 16.5. The second-order valence-electron chi connectivity index (χ2n) is 7.84. The van der Waals surface area contributed by atoms with Crippen molar-refractivity contribution < 1.29 is 0 Å². The van der Waals surface area contributed by atoms with Gasteiger partial charge in [-0.3, -0.25) is 0 Å². The minimum absolute atomic E-state index is 0.620. The van der Waals surface area contributed by atoms with E-state index in [0.29, 0.717) is 5.11 Å². The van der Waals surface area contributed by atoms with E-state index in [1.54, 1.807) is 0 Å². The molecule has 0 amide bonds. The van der Waals surface area contributed by atoms with Crippen molar-refractivity contribution in [2.45, 2.75) is 53.4 Å². The molecule has 0 atom stereocenters. The summed E-state index contributed by atoms with van der Waals surface area (Å²) in [4.78, 5) is 0. The molecular formula is C23H32N2S. The quantitative estimate of drug-likeness (QED) is 0.509. The summed E-state index contributed by atoms with van der Waals surface area (Å²) in [5, 5.41) is 7.14. The molecule has 140 valence electrons. The molecule has 3 heteroatoms. The molecule has 2 N–H and O–H groups in total. The van der Waals surface area contributed by atoms with Gasteiger partial charge in [-0.1, -0.05) is 52.0 Å². The molecule has 2 rings (SSSR count). The topological polar surface area (TPSA) is 24.1 Å². The average Bonchev–Trinajstić information content (AvgIpc) is 2.60. The third-order valence-electron chi connectivity index (χ3n) is 4.44. The first kappa shape index (κ1) is 20.4. The lowest BCUT2D eigenvalue weighted by Crippen LogP contribution is -2.19. The van der Waals surface area contributed by atoms with E-state index in [4.69, 9.17) is 12.2 Å². The lowest BCUT2D eigenvalue weighted by Gasteiger charge is -2.12. The number of benzene rings is 2.